The van der Waals surface area contributed by atoms with Crippen LogP contribution < -0.4 is 5.32 Å². The zero-order chi connectivity index (χ0) is 14.1. The third-order valence-electron chi connectivity index (χ3n) is 3.01. The first kappa shape index (κ1) is 12.6. The Hall–Kier alpha value is -2.40. The fourth-order valence-corrected chi connectivity index (χ4v) is 2.86. The maximum absolute atomic E-state index is 10.9. The molecule has 20 heavy (non-hydrogen) atoms. The summed E-state index contributed by atoms with van der Waals surface area (Å²) in [5.41, 5.74) is 3.00. The average Bonchev–Trinajstić information content (AvgIpc) is 2.83. The van der Waals surface area contributed by atoms with Crippen LogP contribution in [0.1, 0.15) is 15.9 Å². The van der Waals surface area contributed by atoms with Gasteiger partial charge in [0.15, 0.2) is 5.13 Å². The van der Waals surface area contributed by atoms with Crippen LogP contribution in [0.5, 0.6) is 0 Å². The van der Waals surface area contributed by atoms with Crippen LogP contribution in [-0.4, -0.2) is 16.1 Å². The smallest absolute Gasteiger partial charge is 0.335 e. The van der Waals surface area contributed by atoms with Gasteiger partial charge in [0.1, 0.15) is 0 Å². The van der Waals surface area contributed by atoms with Crippen LogP contribution in [0.2, 0.25) is 0 Å². The summed E-state index contributed by atoms with van der Waals surface area (Å²) >= 11 is 1.57. The number of aromatic nitrogens is 1. The number of aromatic carboxylic acids is 1. The van der Waals surface area contributed by atoms with Gasteiger partial charge in [-0.15, -0.1) is 0 Å². The van der Waals surface area contributed by atoms with Gasteiger partial charge in [-0.25, -0.2) is 9.78 Å². The summed E-state index contributed by atoms with van der Waals surface area (Å²) in [5, 5.41) is 13.0. The number of rotatable bonds is 3. The van der Waals surface area contributed by atoms with Gasteiger partial charge >= 0.3 is 5.97 Å². The molecule has 0 amide bonds. The van der Waals surface area contributed by atoms with Crippen LogP contribution in [0.4, 0.5) is 10.8 Å². The maximum atomic E-state index is 10.9. The first-order valence-corrected chi connectivity index (χ1v) is 6.92. The van der Waals surface area contributed by atoms with Gasteiger partial charge in [0, 0.05) is 5.69 Å². The summed E-state index contributed by atoms with van der Waals surface area (Å²) in [6.07, 6.45) is 0. The van der Waals surface area contributed by atoms with Crippen molar-refractivity contribution in [3.63, 3.8) is 0 Å². The van der Waals surface area contributed by atoms with Gasteiger partial charge in [-0.2, -0.15) is 0 Å². The van der Waals surface area contributed by atoms with E-state index in [1.807, 2.05) is 31.2 Å². The van der Waals surface area contributed by atoms with Gasteiger partial charge < -0.3 is 10.4 Å². The second-order valence-corrected chi connectivity index (χ2v) is 5.48. The zero-order valence-electron chi connectivity index (χ0n) is 10.8. The molecule has 0 atom stereocenters. The molecule has 2 N–H and O–H groups in total. The Labute approximate surface area is 119 Å². The van der Waals surface area contributed by atoms with E-state index < -0.39 is 5.97 Å². The van der Waals surface area contributed by atoms with Gasteiger partial charge in [-0.3, -0.25) is 0 Å². The van der Waals surface area contributed by atoms with Crippen LogP contribution in [0.25, 0.3) is 10.2 Å². The number of thiazole rings is 1. The number of carboxylic acid groups (broad SMARTS) is 1. The minimum Gasteiger partial charge on any atom is -0.478 e. The number of para-hydroxylation sites is 1. The predicted molar refractivity (Wildman–Crippen MR) is 81.0 cm³/mol. The number of anilines is 2. The van der Waals surface area contributed by atoms with E-state index in [-0.39, 0.29) is 5.56 Å². The van der Waals surface area contributed by atoms with Crippen molar-refractivity contribution < 1.29 is 9.90 Å². The van der Waals surface area contributed by atoms with Gasteiger partial charge in [-0.05, 0) is 42.8 Å². The Kier molecular flexibility index (Phi) is 3.12. The number of nitrogens with one attached hydrogen (secondary N) is 1. The Morgan fingerprint density at radius 3 is 2.75 bits per heavy atom. The Morgan fingerprint density at radius 1 is 1.25 bits per heavy atom. The molecule has 0 fully saturated rings. The highest BCUT2D eigenvalue weighted by Gasteiger charge is 2.08. The standard InChI is InChI=1S/C15H12N2O2S/c1-9-8-10(14(18)19)6-7-11(9)16-15-17-12-4-2-3-5-13(12)20-15/h2-8H,1H3,(H,16,17)(H,18,19). The molecule has 5 heteroatoms. The number of hydrogen-bond acceptors (Lipinski definition) is 4. The summed E-state index contributed by atoms with van der Waals surface area (Å²) in [5.74, 6) is -0.917. The van der Waals surface area contributed by atoms with Crippen LogP contribution in [0.3, 0.4) is 0 Å². The van der Waals surface area contributed by atoms with Crippen molar-refractivity contribution in [2.45, 2.75) is 6.92 Å². The highest BCUT2D eigenvalue weighted by atomic mass is 32.1. The van der Waals surface area contributed by atoms with Crippen molar-refractivity contribution in [2.75, 3.05) is 5.32 Å². The van der Waals surface area contributed by atoms with E-state index in [0.717, 1.165) is 26.6 Å². The zero-order valence-corrected chi connectivity index (χ0v) is 11.6. The number of benzene rings is 2. The second-order valence-electron chi connectivity index (χ2n) is 4.45. The quantitative estimate of drug-likeness (QED) is 0.761. The minimum absolute atomic E-state index is 0.289. The molecular formula is C15H12N2O2S. The number of carboxylic acids is 1. The second kappa shape index (κ2) is 4.94. The monoisotopic (exact) mass is 284 g/mol. The molecule has 0 aliphatic rings. The predicted octanol–water partition coefficient (Wildman–Crippen LogP) is 4.05. The highest BCUT2D eigenvalue weighted by Crippen LogP contribution is 2.29. The normalized spacial score (nSPS) is 10.7. The molecule has 0 spiro atoms. The van der Waals surface area contributed by atoms with E-state index in [4.69, 9.17) is 5.11 Å². The molecule has 3 rings (SSSR count). The maximum Gasteiger partial charge on any atom is 0.335 e. The van der Waals surface area contributed by atoms with E-state index in [1.54, 1.807) is 29.5 Å². The Bertz CT molecular complexity index is 762. The number of nitrogens with zero attached hydrogens (tertiary/aromatic N) is 1. The van der Waals surface area contributed by atoms with Gasteiger partial charge in [0.25, 0.3) is 0 Å². The van der Waals surface area contributed by atoms with Crippen molar-refractivity contribution >= 4 is 38.3 Å². The van der Waals surface area contributed by atoms with Crippen molar-refractivity contribution in [1.29, 1.82) is 0 Å². The van der Waals surface area contributed by atoms with Crippen molar-refractivity contribution in [2.24, 2.45) is 0 Å². The van der Waals surface area contributed by atoms with Crippen molar-refractivity contribution in [3.8, 4) is 0 Å². The topological polar surface area (TPSA) is 62.2 Å². The molecule has 0 saturated carbocycles. The van der Waals surface area contributed by atoms with Gasteiger partial charge in [-0.1, -0.05) is 23.5 Å². The van der Waals surface area contributed by atoms with Crippen molar-refractivity contribution in [1.82, 2.24) is 4.98 Å². The summed E-state index contributed by atoms with van der Waals surface area (Å²) in [6, 6.07) is 12.9. The fraction of sp³-hybridized carbons (Fsp3) is 0.0667. The van der Waals surface area contributed by atoms with E-state index >= 15 is 0 Å². The number of hydrogen-bond donors (Lipinski definition) is 2. The first-order chi connectivity index (χ1) is 9.63. The lowest BCUT2D eigenvalue weighted by Gasteiger charge is -2.07. The number of aryl methyl sites for hydroxylation is 1. The van der Waals surface area contributed by atoms with Crippen LogP contribution >= 0.6 is 11.3 Å². The van der Waals surface area contributed by atoms with E-state index in [2.05, 4.69) is 10.3 Å². The summed E-state index contributed by atoms with van der Waals surface area (Å²) in [4.78, 5) is 15.4. The molecule has 0 bridgehead atoms. The van der Waals surface area contributed by atoms with E-state index in [9.17, 15) is 4.79 Å². The molecule has 0 aliphatic carbocycles. The van der Waals surface area contributed by atoms with Gasteiger partial charge in [0.05, 0.1) is 15.8 Å². The van der Waals surface area contributed by atoms with E-state index in [1.165, 1.54) is 0 Å². The SMILES string of the molecule is Cc1cc(C(=O)O)ccc1Nc1nc2ccccc2s1. The number of carbonyl (C=O) groups is 1. The lowest BCUT2D eigenvalue weighted by Crippen LogP contribution is -1.99. The van der Waals surface area contributed by atoms with Gasteiger partial charge in [0.2, 0.25) is 0 Å². The summed E-state index contributed by atoms with van der Waals surface area (Å²) in [6.45, 7) is 1.88. The molecule has 2 aromatic carbocycles. The molecule has 3 aromatic rings. The molecule has 0 radical (unpaired) electrons. The van der Waals surface area contributed by atoms with E-state index in [0.29, 0.717) is 0 Å². The first-order valence-electron chi connectivity index (χ1n) is 6.10. The molecule has 4 nitrogen and oxygen atoms in total. The Morgan fingerprint density at radius 2 is 2.05 bits per heavy atom. The largest absolute Gasteiger partial charge is 0.478 e. The molecule has 0 aliphatic heterocycles. The molecule has 0 saturated heterocycles. The molecule has 1 heterocycles. The van der Waals surface area contributed by atoms with Crippen LogP contribution in [-0.2, 0) is 0 Å². The molecule has 0 unspecified atom stereocenters. The number of fused-ring (bicyclic) bond motifs is 1. The highest BCUT2D eigenvalue weighted by molar-refractivity contribution is 7.22. The van der Waals surface area contributed by atoms with Crippen LogP contribution in [0, 0.1) is 6.92 Å². The summed E-state index contributed by atoms with van der Waals surface area (Å²) in [7, 11) is 0. The molecule has 1 aromatic heterocycles. The molecule has 100 valence electrons. The average molecular weight is 284 g/mol. The van der Waals surface area contributed by atoms with Crippen molar-refractivity contribution in [3.05, 3.63) is 53.6 Å². The minimum atomic E-state index is -0.917. The fourth-order valence-electron chi connectivity index (χ4n) is 1.98. The Balaban J connectivity index is 1.92. The third kappa shape index (κ3) is 2.35. The van der Waals surface area contributed by atoms with Crippen LogP contribution in [0.15, 0.2) is 42.5 Å². The third-order valence-corrected chi connectivity index (χ3v) is 3.96. The molecular weight excluding hydrogens is 272 g/mol. The lowest BCUT2D eigenvalue weighted by molar-refractivity contribution is 0.0697. The summed E-state index contributed by atoms with van der Waals surface area (Å²) < 4.78 is 1.12. The lowest BCUT2D eigenvalue weighted by atomic mass is 10.1.